The number of ketones is 2. The van der Waals surface area contributed by atoms with Crippen LogP contribution in [0.1, 0.15) is 23.7 Å². The Kier molecular flexibility index (Phi) is 4.03. The zero-order chi connectivity index (χ0) is 14.7. The highest BCUT2D eigenvalue weighted by molar-refractivity contribution is 6.16. The van der Waals surface area contributed by atoms with Crippen molar-refractivity contribution < 1.29 is 19.1 Å². The Bertz CT molecular complexity index is 673. The molecular formula is C16H16O4. The van der Waals surface area contributed by atoms with Crippen LogP contribution in [0.25, 0.3) is 10.8 Å². The van der Waals surface area contributed by atoms with E-state index in [-0.39, 0.29) is 18.0 Å². The van der Waals surface area contributed by atoms with Gasteiger partial charge in [-0.05, 0) is 42.0 Å². The van der Waals surface area contributed by atoms with Crippen molar-refractivity contribution in [3.63, 3.8) is 0 Å². The largest absolute Gasteiger partial charge is 0.497 e. The van der Waals surface area contributed by atoms with Crippen molar-refractivity contribution in [2.24, 2.45) is 0 Å². The van der Waals surface area contributed by atoms with Crippen LogP contribution in [0.2, 0.25) is 0 Å². The SMILES string of the molecule is COc1ccc2c(C(=O)CC(C)=O)c(OC)ccc2c1. The smallest absolute Gasteiger partial charge is 0.174 e. The summed E-state index contributed by atoms with van der Waals surface area (Å²) in [7, 11) is 3.10. The number of carbonyl (C=O) groups excluding carboxylic acids is 2. The van der Waals surface area contributed by atoms with Crippen LogP contribution >= 0.6 is 0 Å². The lowest BCUT2D eigenvalue weighted by Crippen LogP contribution is -2.07. The zero-order valence-corrected chi connectivity index (χ0v) is 11.7. The third-order valence-corrected chi connectivity index (χ3v) is 3.10. The third kappa shape index (κ3) is 2.64. The summed E-state index contributed by atoms with van der Waals surface area (Å²) in [6, 6.07) is 9.03. The fourth-order valence-electron chi connectivity index (χ4n) is 2.19. The standard InChI is InChI=1S/C16H16O4/c1-10(17)8-14(18)16-13-6-5-12(19-2)9-11(13)4-7-15(16)20-3/h4-7,9H,8H2,1-3H3. The van der Waals surface area contributed by atoms with Gasteiger partial charge in [-0.1, -0.05) is 6.07 Å². The van der Waals surface area contributed by atoms with Crippen LogP contribution in [0, 0.1) is 0 Å². The minimum Gasteiger partial charge on any atom is -0.497 e. The highest BCUT2D eigenvalue weighted by Gasteiger charge is 2.17. The second-order valence-corrected chi connectivity index (χ2v) is 4.53. The minimum atomic E-state index is -0.231. The van der Waals surface area contributed by atoms with Crippen LogP contribution in [-0.2, 0) is 4.79 Å². The van der Waals surface area contributed by atoms with Crippen molar-refractivity contribution >= 4 is 22.3 Å². The summed E-state index contributed by atoms with van der Waals surface area (Å²) in [5, 5.41) is 1.63. The van der Waals surface area contributed by atoms with Gasteiger partial charge in [0.2, 0.25) is 0 Å². The van der Waals surface area contributed by atoms with Gasteiger partial charge in [0, 0.05) is 0 Å². The van der Waals surface area contributed by atoms with E-state index in [0.29, 0.717) is 17.1 Å². The monoisotopic (exact) mass is 272 g/mol. The normalized spacial score (nSPS) is 10.3. The van der Waals surface area contributed by atoms with Gasteiger partial charge < -0.3 is 9.47 Å². The topological polar surface area (TPSA) is 52.6 Å². The van der Waals surface area contributed by atoms with E-state index < -0.39 is 0 Å². The molecule has 0 amide bonds. The Morgan fingerprint density at radius 2 is 1.80 bits per heavy atom. The van der Waals surface area contributed by atoms with Crippen molar-refractivity contribution in [2.45, 2.75) is 13.3 Å². The summed E-state index contributed by atoms with van der Waals surface area (Å²) in [5.74, 6) is 0.800. The molecule has 0 bridgehead atoms. The molecule has 2 aromatic rings. The van der Waals surface area contributed by atoms with Crippen LogP contribution in [0.3, 0.4) is 0 Å². The molecule has 0 N–H and O–H groups in total. The first-order valence-corrected chi connectivity index (χ1v) is 6.24. The van der Waals surface area contributed by atoms with E-state index in [9.17, 15) is 9.59 Å². The van der Waals surface area contributed by atoms with E-state index >= 15 is 0 Å². The van der Waals surface area contributed by atoms with E-state index in [1.54, 1.807) is 19.2 Å². The first kappa shape index (κ1) is 14.1. The van der Waals surface area contributed by atoms with Crippen molar-refractivity contribution in [3.8, 4) is 11.5 Å². The summed E-state index contributed by atoms with van der Waals surface area (Å²) in [6.45, 7) is 1.40. The molecule has 0 aliphatic heterocycles. The summed E-state index contributed by atoms with van der Waals surface area (Å²) < 4.78 is 10.4. The molecule has 4 nitrogen and oxygen atoms in total. The average molecular weight is 272 g/mol. The molecular weight excluding hydrogens is 256 g/mol. The summed E-state index contributed by atoms with van der Waals surface area (Å²) in [5.41, 5.74) is 0.447. The summed E-state index contributed by atoms with van der Waals surface area (Å²) in [4.78, 5) is 23.5. The molecule has 0 aliphatic rings. The quantitative estimate of drug-likeness (QED) is 0.620. The van der Waals surface area contributed by atoms with Crippen LogP contribution in [0.4, 0.5) is 0 Å². The third-order valence-electron chi connectivity index (χ3n) is 3.10. The van der Waals surface area contributed by atoms with Crippen LogP contribution < -0.4 is 9.47 Å². The molecule has 0 unspecified atom stereocenters. The van der Waals surface area contributed by atoms with E-state index in [1.165, 1.54) is 14.0 Å². The molecule has 0 heterocycles. The number of Topliss-reactive ketones (excluding diaryl/α,β-unsaturated/α-hetero) is 2. The Balaban J connectivity index is 2.64. The van der Waals surface area contributed by atoms with E-state index in [0.717, 1.165) is 10.8 Å². The summed E-state index contributed by atoms with van der Waals surface area (Å²) in [6.07, 6.45) is -0.124. The number of methoxy groups -OCH3 is 2. The number of ether oxygens (including phenoxy) is 2. The average Bonchev–Trinajstić information content (AvgIpc) is 2.44. The zero-order valence-electron chi connectivity index (χ0n) is 11.7. The molecule has 0 aromatic heterocycles. The van der Waals surface area contributed by atoms with Gasteiger partial charge in [-0.3, -0.25) is 9.59 Å². The van der Waals surface area contributed by atoms with E-state index in [2.05, 4.69) is 0 Å². The molecule has 0 aliphatic carbocycles. The van der Waals surface area contributed by atoms with Gasteiger partial charge >= 0.3 is 0 Å². The van der Waals surface area contributed by atoms with Gasteiger partial charge in [0.15, 0.2) is 5.78 Å². The highest BCUT2D eigenvalue weighted by atomic mass is 16.5. The molecule has 0 saturated heterocycles. The molecule has 2 rings (SSSR count). The number of hydrogen-bond donors (Lipinski definition) is 0. The molecule has 0 fully saturated rings. The Morgan fingerprint density at radius 3 is 2.40 bits per heavy atom. The van der Waals surface area contributed by atoms with Gasteiger partial charge in [-0.25, -0.2) is 0 Å². The fourth-order valence-corrected chi connectivity index (χ4v) is 2.19. The molecule has 0 spiro atoms. The number of fused-ring (bicyclic) bond motifs is 1. The summed E-state index contributed by atoms with van der Waals surface area (Å²) >= 11 is 0. The maximum absolute atomic E-state index is 12.3. The molecule has 0 atom stereocenters. The van der Waals surface area contributed by atoms with Crippen molar-refractivity contribution in [3.05, 3.63) is 35.9 Å². The van der Waals surface area contributed by atoms with Crippen molar-refractivity contribution in [2.75, 3.05) is 14.2 Å². The number of benzene rings is 2. The van der Waals surface area contributed by atoms with Crippen LogP contribution in [0.15, 0.2) is 30.3 Å². The second-order valence-electron chi connectivity index (χ2n) is 4.53. The van der Waals surface area contributed by atoms with Crippen LogP contribution in [-0.4, -0.2) is 25.8 Å². The Morgan fingerprint density at radius 1 is 1.05 bits per heavy atom. The maximum Gasteiger partial charge on any atom is 0.174 e. The second kappa shape index (κ2) is 5.74. The predicted molar refractivity (Wildman–Crippen MR) is 76.7 cm³/mol. The highest BCUT2D eigenvalue weighted by Crippen LogP contribution is 2.31. The van der Waals surface area contributed by atoms with E-state index in [4.69, 9.17) is 9.47 Å². The lowest BCUT2D eigenvalue weighted by Gasteiger charge is -2.11. The Hall–Kier alpha value is -2.36. The van der Waals surface area contributed by atoms with Gasteiger partial charge in [0.1, 0.15) is 17.3 Å². The lowest BCUT2D eigenvalue weighted by molar-refractivity contribution is -0.116. The number of hydrogen-bond acceptors (Lipinski definition) is 4. The number of carbonyl (C=O) groups is 2. The first-order valence-electron chi connectivity index (χ1n) is 6.24. The molecule has 0 radical (unpaired) electrons. The predicted octanol–water partition coefficient (Wildman–Crippen LogP) is 3.02. The maximum atomic E-state index is 12.3. The minimum absolute atomic E-state index is 0.124. The number of rotatable bonds is 5. The molecule has 20 heavy (non-hydrogen) atoms. The van der Waals surface area contributed by atoms with Crippen molar-refractivity contribution in [1.82, 2.24) is 0 Å². The molecule has 104 valence electrons. The van der Waals surface area contributed by atoms with Gasteiger partial charge in [-0.15, -0.1) is 0 Å². The molecule has 0 saturated carbocycles. The first-order chi connectivity index (χ1) is 9.56. The molecule has 2 aromatic carbocycles. The molecule has 4 heteroatoms. The van der Waals surface area contributed by atoms with Gasteiger partial charge in [-0.2, -0.15) is 0 Å². The van der Waals surface area contributed by atoms with Crippen LogP contribution in [0.5, 0.6) is 11.5 Å². The lowest BCUT2D eigenvalue weighted by atomic mass is 9.97. The van der Waals surface area contributed by atoms with Gasteiger partial charge in [0.25, 0.3) is 0 Å². The fraction of sp³-hybridized carbons (Fsp3) is 0.250. The van der Waals surface area contributed by atoms with Crippen molar-refractivity contribution in [1.29, 1.82) is 0 Å². The Labute approximate surface area is 117 Å². The van der Waals surface area contributed by atoms with E-state index in [1.807, 2.05) is 18.2 Å². The van der Waals surface area contributed by atoms with Gasteiger partial charge in [0.05, 0.1) is 26.2 Å².